The Kier molecular flexibility index (Phi) is 3.33. The van der Waals surface area contributed by atoms with Gasteiger partial charge in [-0.25, -0.2) is 0 Å². The van der Waals surface area contributed by atoms with Gasteiger partial charge in [0.05, 0.1) is 6.61 Å². The summed E-state index contributed by atoms with van der Waals surface area (Å²) in [6.07, 6.45) is 6.33. The van der Waals surface area contributed by atoms with Gasteiger partial charge >= 0.3 is 0 Å². The van der Waals surface area contributed by atoms with Crippen LogP contribution in [0.15, 0.2) is 0 Å². The predicted octanol–water partition coefficient (Wildman–Crippen LogP) is 2.96. The molecule has 0 aromatic heterocycles. The van der Waals surface area contributed by atoms with Crippen molar-refractivity contribution < 1.29 is 4.74 Å². The molecule has 1 aliphatic carbocycles. The fraction of sp³-hybridized carbons (Fsp3) is 1.00. The molecule has 0 spiro atoms. The first-order valence-corrected chi connectivity index (χ1v) is 6.81. The van der Waals surface area contributed by atoms with Gasteiger partial charge in [-0.05, 0) is 30.6 Å². The molecule has 2 nitrogen and oxygen atoms in total. The molecule has 0 amide bonds. The first-order chi connectivity index (χ1) is 7.44. The average molecular weight is 225 g/mol. The van der Waals surface area contributed by atoms with Gasteiger partial charge in [-0.2, -0.15) is 0 Å². The number of ether oxygens (including phenoxy) is 1. The van der Waals surface area contributed by atoms with Crippen molar-refractivity contribution in [2.45, 2.75) is 58.4 Å². The maximum atomic E-state index is 6.81. The Bertz CT molecular complexity index is 240. The van der Waals surface area contributed by atoms with E-state index in [1.807, 2.05) is 0 Å². The second kappa shape index (κ2) is 4.30. The van der Waals surface area contributed by atoms with E-state index in [-0.39, 0.29) is 5.54 Å². The van der Waals surface area contributed by atoms with E-state index >= 15 is 0 Å². The van der Waals surface area contributed by atoms with Gasteiger partial charge in [-0.3, -0.25) is 0 Å². The van der Waals surface area contributed by atoms with Crippen LogP contribution in [-0.2, 0) is 4.74 Å². The lowest BCUT2D eigenvalue weighted by molar-refractivity contribution is 0.0306. The third-order valence-electron chi connectivity index (χ3n) is 4.74. The highest BCUT2D eigenvalue weighted by atomic mass is 16.5. The Morgan fingerprint density at radius 3 is 2.50 bits per heavy atom. The molecule has 0 aromatic carbocycles. The topological polar surface area (TPSA) is 35.2 Å². The molecule has 16 heavy (non-hydrogen) atoms. The van der Waals surface area contributed by atoms with Crippen LogP contribution in [0.1, 0.15) is 52.9 Å². The van der Waals surface area contributed by atoms with Crippen molar-refractivity contribution in [3.8, 4) is 0 Å². The maximum Gasteiger partial charge on any atom is 0.0512 e. The van der Waals surface area contributed by atoms with Gasteiger partial charge in [0.15, 0.2) is 0 Å². The molecule has 94 valence electrons. The van der Waals surface area contributed by atoms with E-state index in [0.717, 1.165) is 13.2 Å². The second-order valence-corrected chi connectivity index (χ2v) is 6.84. The third kappa shape index (κ3) is 2.14. The van der Waals surface area contributed by atoms with Crippen LogP contribution in [0, 0.1) is 17.3 Å². The smallest absolute Gasteiger partial charge is 0.0512 e. The summed E-state index contributed by atoms with van der Waals surface area (Å²) < 4.78 is 5.56. The molecule has 2 aliphatic rings. The van der Waals surface area contributed by atoms with Crippen LogP contribution in [0.5, 0.6) is 0 Å². The molecule has 1 saturated carbocycles. The summed E-state index contributed by atoms with van der Waals surface area (Å²) in [7, 11) is 0. The Hall–Kier alpha value is -0.0800. The quantitative estimate of drug-likeness (QED) is 0.744. The van der Waals surface area contributed by atoms with E-state index in [1.54, 1.807) is 0 Å². The van der Waals surface area contributed by atoms with E-state index in [0.29, 0.717) is 17.3 Å². The van der Waals surface area contributed by atoms with E-state index in [9.17, 15) is 0 Å². The molecule has 2 fully saturated rings. The maximum absolute atomic E-state index is 6.81. The Balaban J connectivity index is 2.19. The minimum Gasteiger partial charge on any atom is -0.381 e. The third-order valence-corrected chi connectivity index (χ3v) is 4.74. The highest BCUT2D eigenvalue weighted by Gasteiger charge is 2.48. The molecule has 1 heterocycles. The molecule has 3 unspecified atom stereocenters. The lowest BCUT2D eigenvalue weighted by Gasteiger charge is -2.51. The molecule has 2 N–H and O–H groups in total. The zero-order chi connectivity index (χ0) is 11.8. The van der Waals surface area contributed by atoms with Crippen LogP contribution in [-0.4, -0.2) is 18.8 Å². The minimum atomic E-state index is 0.0347. The first kappa shape index (κ1) is 12.4. The lowest BCUT2D eigenvalue weighted by atomic mass is 9.58. The van der Waals surface area contributed by atoms with E-state index in [2.05, 4.69) is 20.8 Å². The van der Waals surface area contributed by atoms with E-state index in [4.69, 9.17) is 10.5 Å². The van der Waals surface area contributed by atoms with Crippen molar-refractivity contribution in [2.24, 2.45) is 23.0 Å². The van der Waals surface area contributed by atoms with Crippen molar-refractivity contribution in [1.82, 2.24) is 0 Å². The van der Waals surface area contributed by atoms with Crippen LogP contribution in [0.25, 0.3) is 0 Å². The zero-order valence-corrected chi connectivity index (χ0v) is 11.1. The van der Waals surface area contributed by atoms with Crippen molar-refractivity contribution in [3.63, 3.8) is 0 Å². The molecule has 0 bridgehead atoms. The highest BCUT2D eigenvalue weighted by Crippen LogP contribution is 2.48. The van der Waals surface area contributed by atoms with Crippen LogP contribution in [0.2, 0.25) is 0 Å². The molecule has 2 rings (SSSR count). The fourth-order valence-corrected chi connectivity index (χ4v) is 3.91. The normalized spacial score (nSPS) is 41.2. The fourth-order valence-electron chi connectivity index (χ4n) is 3.91. The van der Waals surface area contributed by atoms with Gasteiger partial charge in [-0.15, -0.1) is 0 Å². The van der Waals surface area contributed by atoms with Gasteiger partial charge in [-0.1, -0.05) is 33.6 Å². The molecule has 3 atom stereocenters. The number of rotatable bonds is 1. The summed E-state index contributed by atoms with van der Waals surface area (Å²) in [6.45, 7) is 8.85. The SMILES string of the molecule is CC(C)(C)C1CCCCC1(N)C1CCOC1. The largest absolute Gasteiger partial charge is 0.381 e. The van der Waals surface area contributed by atoms with Gasteiger partial charge in [0, 0.05) is 18.1 Å². The van der Waals surface area contributed by atoms with Crippen LogP contribution < -0.4 is 5.73 Å². The van der Waals surface area contributed by atoms with Crippen molar-refractivity contribution in [2.75, 3.05) is 13.2 Å². The highest BCUT2D eigenvalue weighted by molar-refractivity contribution is 5.03. The van der Waals surface area contributed by atoms with Gasteiger partial charge in [0.1, 0.15) is 0 Å². The summed E-state index contributed by atoms with van der Waals surface area (Å²) in [5.74, 6) is 1.25. The zero-order valence-electron chi connectivity index (χ0n) is 11.1. The average Bonchev–Trinajstić information content (AvgIpc) is 2.69. The molecular weight excluding hydrogens is 198 g/mol. The molecule has 1 saturated heterocycles. The van der Waals surface area contributed by atoms with Crippen LogP contribution in [0.3, 0.4) is 0 Å². The summed E-state index contributed by atoms with van der Waals surface area (Å²) in [5, 5.41) is 0. The molecule has 1 aliphatic heterocycles. The van der Waals surface area contributed by atoms with Crippen LogP contribution >= 0.6 is 0 Å². The summed E-state index contributed by atoms with van der Waals surface area (Å²) in [5.41, 5.74) is 7.18. The summed E-state index contributed by atoms with van der Waals surface area (Å²) >= 11 is 0. The van der Waals surface area contributed by atoms with Crippen molar-refractivity contribution in [1.29, 1.82) is 0 Å². The molecule has 0 radical (unpaired) electrons. The monoisotopic (exact) mass is 225 g/mol. The van der Waals surface area contributed by atoms with E-state index in [1.165, 1.54) is 32.1 Å². The van der Waals surface area contributed by atoms with Gasteiger partial charge < -0.3 is 10.5 Å². The number of hydrogen-bond donors (Lipinski definition) is 1. The molecule has 2 heteroatoms. The van der Waals surface area contributed by atoms with Gasteiger partial charge in [0.2, 0.25) is 0 Å². The van der Waals surface area contributed by atoms with Crippen LogP contribution in [0.4, 0.5) is 0 Å². The second-order valence-electron chi connectivity index (χ2n) is 6.84. The van der Waals surface area contributed by atoms with Crippen molar-refractivity contribution in [3.05, 3.63) is 0 Å². The molecular formula is C14H27NO. The Morgan fingerprint density at radius 1 is 1.19 bits per heavy atom. The summed E-state index contributed by atoms with van der Waals surface area (Å²) in [6, 6.07) is 0. The summed E-state index contributed by atoms with van der Waals surface area (Å²) in [4.78, 5) is 0. The lowest BCUT2D eigenvalue weighted by Crippen LogP contribution is -2.58. The molecule has 0 aromatic rings. The Labute approximate surface area is 99.9 Å². The first-order valence-electron chi connectivity index (χ1n) is 6.81. The Morgan fingerprint density at radius 2 is 1.94 bits per heavy atom. The minimum absolute atomic E-state index is 0.0347. The van der Waals surface area contributed by atoms with Crippen molar-refractivity contribution >= 4 is 0 Å². The number of hydrogen-bond acceptors (Lipinski definition) is 2. The van der Waals surface area contributed by atoms with Gasteiger partial charge in [0.25, 0.3) is 0 Å². The van der Waals surface area contributed by atoms with E-state index < -0.39 is 0 Å². The number of nitrogens with two attached hydrogens (primary N) is 1. The predicted molar refractivity (Wildman–Crippen MR) is 67.3 cm³/mol. The standard InChI is InChI=1S/C14H27NO/c1-13(2,3)12-6-4-5-8-14(12,15)11-7-9-16-10-11/h11-12H,4-10,15H2,1-3H3.